The highest BCUT2D eigenvalue weighted by molar-refractivity contribution is 7.80. The maximum Gasteiger partial charge on any atom is 0.416 e. The lowest BCUT2D eigenvalue weighted by molar-refractivity contribution is -0.138. The average molecular weight is 521 g/mol. The molecule has 0 spiro atoms. The Balaban J connectivity index is 1.17. The van der Waals surface area contributed by atoms with E-state index in [1.165, 1.54) is 24.6 Å². The summed E-state index contributed by atoms with van der Waals surface area (Å²) in [6.45, 7) is 3.82. The fourth-order valence-electron chi connectivity index (χ4n) is 5.25. The Morgan fingerprint density at radius 1 is 1.00 bits per heavy atom. The van der Waals surface area contributed by atoms with E-state index in [1.807, 2.05) is 12.1 Å². The SMILES string of the molecule is COc1ccc(C2CCN(C(=S)COC3CCC(Nc4ccc(C)c(C(F)(F)F)c4)CC3)CC2)cc1. The molecule has 2 aliphatic rings. The van der Waals surface area contributed by atoms with Crippen molar-refractivity contribution in [1.82, 2.24) is 4.90 Å². The third-order valence-corrected chi connectivity index (χ3v) is 7.84. The second-order valence-electron chi connectivity index (χ2n) is 9.88. The molecular formula is C28H35F3N2O2S. The summed E-state index contributed by atoms with van der Waals surface area (Å²) in [6, 6.07) is 13.0. The van der Waals surface area contributed by atoms with Crippen molar-refractivity contribution in [3.8, 4) is 5.75 Å². The van der Waals surface area contributed by atoms with Crippen LogP contribution in [0.3, 0.4) is 0 Å². The van der Waals surface area contributed by atoms with Gasteiger partial charge in [-0.1, -0.05) is 30.4 Å². The van der Waals surface area contributed by atoms with Crippen LogP contribution in [0.4, 0.5) is 18.9 Å². The molecular weight excluding hydrogens is 485 g/mol. The molecule has 1 N–H and O–H groups in total. The Labute approximate surface area is 217 Å². The van der Waals surface area contributed by atoms with E-state index >= 15 is 0 Å². The van der Waals surface area contributed by atoms with Gasteiger partial charge in [-0.05, 0) is 86.8 Å². The summed E-state index contributed by atoms with van der Waals surface area (Å²) >= 11 is 5.67. The topological polar surface area (TPSA) is 33.7 Å². The lowest BCUT2D eigenvalue weighted by Crippen LogP contribution is -2.40. The van der Waals surface area contributed by atoms with Crippen molar-refractivity contribution in [3.63, 3.8) is 0 Å². The van der Waals surface area contributed by atoms with Crippen LogP contribution in [0.25, 0.3) is 0 Å². The molecule has 1 aliphatic heterocycles. The lowest BCUT2D eigenvalue weighted by Gasteiger charge is -2.35. The standard InChI is InChI=1S/C28H35F3N2O2S/c1-19-3-6-23(17-26(19)28(29,30)31)32-22-7-11-25(12-8-22)35-18-27(36)33-15-13-21(14-16-33)20-4-9-24(34-2)10-5-20/h3-6,9-10,17,21-22,25,32H,7-8,11-16,18H2,1-2H3. The number of thiocarbonyl (C=S) groups is 1. The fourth-order valence-corrected chi connectivity index (χ4v) is 5.50. The molecule has 4 nitrogen and oxygen atoms in total. The number of ether oxygens (including phenoxy) is 2. The number of likely N-dealkylation sites (tertiary alicyclic amines) is 1. The Bertz CT molecular complexity index is 1010. The van der Waals surface area contributed by atoms with Crippen molar-refractivity contribution in [1.29, 1.82) is 0 Å². The second-order valence-corrected chi connectivity index (χ2v) is 10.4. The van der Waals surface area contributed by atoms with Gasteiger partial charge in [0.15, 0.2) is 0 Å². The van der Waals surface area contributed by atoms with Crippen LogP contribution >= 0.6 is 12.2 Å². The Morgan fingerprint density at radius 2 is 1.67 bits per heavy atom. The van der Waals surface area contributed by atoms with Gasteiger partial charge in [0.05, 0.1) is 25.4 Å². The first-order chi connectivity index (χ1) is 17.2. The van der Waals surface area contributed by atoms with Crippen molar-refractivity contribution in [2.45, 2.75) is 69.7 Å². The summed E-state index contributed by atoms with van der Waals surface area (Å²) < 4.78 is 51.0. The monoisotopic (exact) mass is 520 g/mol. The van der Waals surface area contributed by atoms with E-state index in [2.05, 4.69) is 22.3 Å². The van der Waals surface area contributed by atoms with Gasteiger partial charge in [0.25, 0.3) is 0 Å². The van der Waals surface area contributed by atoms with Crippen molar-refractivity contribution < 1.29 is 22.6 Å². The van der Waals surface area contributed by atoms with Gasteiger partial charge >= 0.3 is 6.18 Å². The quantitative estimate of drug-likeness (QED) is 0.399. The number of anilines is 1. The first-order valence-electron chi connectivity index (χ1n) is 12.7. The van der Waals surface area contributed by atoms with E-state index in [-0.39, 0.29) is 17.7 Å². The molecule has 0 atom stereocenters. The van der Waals surface area contributed by atoms with Gasteiger partial charge in [0.2, 0.25) is 0 Å². The molecule has 0 radical (unpaired) electrons. The molecule has 0 unspecified atom stereocenters. The maximum atomic E-state index is 13.2. The van der Waals surface area contributed by atoms with Gasteiger partial charge < -0.3 is 19.7 Å². The number of halogens is 3. The Kier molecular flexibility index (Phi) is 8.78. The van der Waals surface area contributed by atoms with E-state index in [4.69, 9.17) is 21.7 Å². The van der Waals surface area contributed by atoms with E-state index < -0.39 is 11.7 Å². The number of methoxy groups -OCH3 is 1. The first kappa shape index (κ1) is 26.7. The summed E-state index contributed by atoms with van der Waals surface area (Å²) in [4.78, 5) is 3.13. The van der Waals surface area contributed by atoms with Crippen molar-refractivity contribution in [2.24, 2.45) is 0 Å². The van der Waals surface area contributed by atoms with Gasteiger partial charge in [-0.3, -0.25) is 0 Å². The number of benzene rings is 2. The number of nitrogens with zero attached hydrogens (tertiary/aromatic N) is 1. The Morgan fingerprint density at radius 3 is 2.28 bits per heavy atom. The summed E-state index contributed by atoms with van der Waals surface area (Å²) in [7, 11) is 1.68. The van der Waals surface area contributed by atoms with Gasteiger partial charge in [0.1, 0.15) is 10.7 Å². The van der Waals surface area contributed by atoms with Gasteiger partial charge in [-0.25, -0.2) is 0 Å². The van der Waals surface area contributed by atoms with E-state index in [1.54, 1.807) is 13.2 Å². The average Bonchev–Trinajstić information content (AvgIpc) is 2.88. The molecule has 1 saturated heterocycles. The normalized spacial score (nSPS) is 21.3. The van der Waals surface area contributed by atoms with Crippen LogP contribution in [-0.4, -0.2) is 48.8 Å². The number of aryl methyl sites for hydroxylation is 1. The number of piperidine rings is 1. The van der Waals surface area contributed by atoms with Crippen molar-refractivity contribution >= 4 is 22.9 Å². The number of rotatable bonds is 7. The van der Waals surface area contributed by atoms with Crippen LogP contribution in [0.2, 0.25) is 0 Å². The molecule has 2 aromatic carbocycles. The molecule has 196 valence electrons. The largest absolute Gasteiger partial charge is 0.497 e. The van der Waals surface area contributed by atoms with Gasteiger partial charge in [-0.15, -0.1) is 0 Å². The van der Waals surface area contributed by atoms with E-state index in [0.717, 1.165) is 62.4 Å². The summed E-state index contributed by atoms with van der Waals surface area (Å²) in [5.74, 6) is 1.42. The third-order valence-electron chi connectivity index (χ3n) is 7.47. The van der Waals surface area contributed by atoms with E-state index in [0.29, 0.717) is 18.2 Å². The predicted octanol–water partition coefficient (Wildman–Crippen LogP) is 6.97. The number of hydrogen-bond donors (Lipinski definition) is 1. The summed E-state index contributed by atoms with van der Waals surface area (Å²) in [5.41, 5.74) is 1.54. The molecule has 1 heterocycles. The molecule has 1 aliphatic carbocycles. The lowest BCUT2D eigenvalue weighted by atomic mass is 9.89. The molecule has 36 heavy (non-hydrogen) atoms. The molecule has 0 aromatic heterocycles. The molecule has 0 amide bonds. The molecule has 2 aromatic rings. The van der Waals surface area contributed by atoms with Crippen molar-refractivity contribution in [3.05, 3.63) is 59.2 Å². The van der Waals surface area contributed by atoms with Gasteiger partial charge in [-0.2, -0.15) is 13.2 Å². The highest BCUT2D eigenvalue weighted by Gasteiger charge is 2.33. The zero-order chi connectivity index (χ0) is 25.7. The predicted molar refractivity (Wildman–Crippen MR) is 141 cm³/mol. The fraction of sp³-hybridized carbons (Fsp3) is 0.536. The van der Waals surface area contributed by atoms with Gasteiger partial charge in [0, 0.05) is 24.8 Å². The molecule has 2 fully saturated rings. The number of alkyl halides is 3. The van der Waals surface area contributed by atoms with Crippen LogP contribution in [0.1, 0.15) is 61.1 Å². The number of nitrogens with one attached hydrogen (secondary N) is 1. The van der Waals surface area contributed by atoms with Crippen LogP contribution in [-0.2, 0) is 10.9 Å². The summed E-state index contributed by atoms with van der Waals surface area (Å²) in [5, 5.41) is 3.29. The minimum atomic E-state index is -4.34. The van der Waals surface area contributed by atoms with Crippen LogP contribution in [0, 0.1) is 6.92 Å². The Hall–Kier alpha value is -2.32. The zero-order valence-corrected chi connectivity index (χ0v) is 21.8. The van der Waals surface area contributed by atoms with E-state index in [9.17, 15) is 13.2 Å². The van der Waals surface area contributed by atoms with Crippen LogP contribution in [0.5, 0.6) is 5.75 Å². The highest BCUT2D eigenvalue weighted by atomic mass is 32.1. The minimum Gasteiger partial charge on any atom is -0.497 e. The zero-order valence-electron chi connectivity index (χ0n) is 20.9. The first-order valence-corrected chi connectivity index (χ1v) is 13.1. The van der Waals surface area contributed by atoms with Crippen molar-refractivity contribution in [2.75, 3.05) is 32.1 Å². The van der Waals surface area contributed by atoms with Crippen LogP contribution < -0.4 is 10.1 Å². The number of hydrogen-bond acceptors (Lipinski definition) is 4. The summed E-state index contributed by atoms with van der Waals surface area (Å²) in [6.07, 6.45) is 1.41. The molecule has 1 saturated carbocycles. The molecule has 4 rings (SSSR count). The maximum absolute atomic E-state index is 13.2. The highest BCUT2D eigenvalue weighted by Crippen LogP contribution is 2.34. The minimum absolute atomic E-state index is 0.140. The molecule has 0 bridgehead atoms. The van der Waals surface area contributed by atoms with Crippen LogP contribution in [0.15, 0.2) is 42.5 Å². The second kappa shape index (κ2) is 11.8. The molecule has 8 heteroatoms. The smallest absolute Gasteiger partial charge is 0.416 e. The third kappa shape index (κ3) is 6.91.